The van der Waals surface area contributed by atoms with E-state index in [-0.39, 0.29) is 24.4 Å². The van der Waals surface area contributed by atoms with Gasteiger partial charge in [0.2, 0.25) is 11.8 Å². The Morgan fingerprint density at radius 1 is 1.09 bits per heavy atom. The molecule has 1 aromatic heterocycles. The quantitative estimate of drug-likeness (QED) is 0.687. The van der Waals surface area contributed by atoms with Crippen molar-refractivity contribution in [2.45, 2.75) is 45.4 Å². The average molecular weight is 447 g/mol. The third kappa shape index (κ3) is 3.53. The van der Waals surface area contributed by atoms with E-state index in [1.54, 1.807) is 17.3 Å². The highest BCUT2D eigenvalue weighted by Gasteiger charge is 2.40. The minimum Gasteiger partial charge on any atom is -0.363 e. The monoisotopic (exact) mass is 446 g/mol. The fourth-order valence-electron chi connectivity index (χ4n) is 4.96. The summed E-state index contributed by atoms with van der Waals surface area (Å²) < 4.78 is 0. The molecule has 5 rings (SSSR count). The molecule has 0 aliphatic carbocycles. The molecule has 2 N–H and O–H groups in total. The fraction of sp³-hybridized carbons (Fsp3) is 0.375. The number of carbonyl (C=O) groups is 3. The summed E-state index contributed by atoms with van der Waals surface area (Å²) in [6, 6.07) is 5.16. The normalized spacial score (nSPS) is 22.7. The lowest BCUT2D eigenvalue weighted by molar-refractivity contribution is -0.136. The summed E-state index contributed by atoms with van der Waals surface area (Å²) in [6.07, 6.45) is 5.80. The highest BCUT2D eigenvalue weighted by atomic mass is 16.2. The van der Waals surface area contributed by atoms with Gasteiger partial charge < -0.3 is 15.1 Å². The van der Waals surface area contributed by atoms with Crippen LogP contribution in [-0.4, -0.2) is 56.7 Å². The second kappa shape index (κ2) is 7.99. The van der Waals surface area contributed by atoms with E-state index in [0.717, 1.165) is 28.1 Å². The topological polar surface area (TPSA) is 108 Å². The molecule has 1 aromatic carbocycles. The molecular weight excluding hydrogens is 420 g/mol. The van der Waals surface area contributed by atoms with Gasteiger partial charge in [-0.15, -0.1) is 0 Å². The van der Waals surface area contributed by atoms with Gasteiger partial charge in [0.15, 0.2) is 0 Å². The van der Waals surface area contributed by atoms with Gasteiger partial charge in [-0.25, -0.2) is 9.97 Å². The standard InChI is InChI=1S/C24H26N6O3/c1-13(2)22-28-20(21(29(22)3)16-9-25-12-26-10-16)14-4-5-17-15(8-14)11-30(24(17)33)18-6-7-19(31)27-23(18)32/h4-5,8-10,12-13,18,22,28H,6-7,11H2,1-3H3,(H,27,31,32). The molecule has 1 saturated heterocycles. The van der Waals surface area contributed by atoms with Crippen LogP contribution >= 0.6 is 0 Å². The van der Waals surface area contributed by atoms with E-state index in [9.17, 15) is 14.4 Å². The Labute approximate surface area is 191 Å². The van der Waals surface area contributed by atoms with Crippen molar-refractivity contribution in [3.05, 3.63) is 59.2 Å². The number of hydrogen-bond donors (Lipinski definition) is 2. The highest BCUT2D eigenvalue weighted by molar-refractivity contribution is 6.05. The summed E-state index contributed by atoms with van der Waals surface area (Å²) in [5.41, 5.74) is 5.30. The minimum atomic E-state index is -0.622. The maximum absolute atomic E-state index is 13.0. The van der Waals surface area contributed by atoms with Gasteiger partial charge in [-0.1, -0.05) is 19.9 Å². The van der Waals surface area contributed by atoms with Crippen molar-refractivity contribution in [3.8, 4) is 0 Å². The lowest BCUT2D eigenvalue weighted by atomic mass is 10.0. The number of carbonyl (C=O) groups excluding carboxylic acids is 3. The van der Waals surface area contributed by atoms with Crippen LogP contribution in [0.1, 0.15) is 53.7 Å². The molecule has 170 valence electrons. The van der Waals surface area contributed by atoms with E-state index in [4.69, 9.17) is 0 Å². The predicted molar refractivity (Wildman–Crippen MR) is 121 cm³/mol. The lowest BCUT2D eigenvalue weighted by Gasteiger charge is -2.29. The molecule has 0 saturated carbocycles. The van der Waals surface area contributed by atoms with Gasteiger partial charge in [-0.05, 0) is 30.0 Å². The first-order valence-electron chi connectivity index (χ1n) is 11.1. The smallest absolute Gasteiger partial charge is 0.255 e. The van der Waals surface area contributed by atoms with Crippen LogP contribution in [0.25, 0.3) is 11.4 Å². The van der Waals surface area contributed by atoms with Gasteiger partial charge >= 0.3 is 0 Å². The number of imide groups is 1. The van der Waals surface area contributed by atoms with Crippen LogP contribution in [0.2, 0.25) is 0 Å². The van der Waals surface area contributed by atoms with Crippen LogP contribution in [0.5, 0.6) is 0 Å². The van der Waals surface area contributed by atoms with E-state index < -0.39 is 11.9 Å². The maximum atomic E-state index is 13.0. The average Bonchev–Trinajstić information content (AvgIpc) is 3.31. The lowest BCUT2D eigenvalue weighted by Crippen LogP contribution is -2.52. The Kier molecular flexibility index (Phi) is 5.11. The van der Waals surface area contributed by atoms with E-state index in [2.05, 4.69) is 46.4 Å². The Balaban J connectivity index is 1.50. The Bertz CT molecular complexity index is 1180. The van der Waals surface area contributed by atoms with Crippen molar-refractivity contribution in [3.63, 3.8) is 0 Å². The number of aromatic nitrogens is 2. The van der Waals surface area contributed by atoms with Crippen LogP contribution in [0.15, 0.2) is 36.9 Å². The van der Waals surface area contributed by atoms with Crippen molar-refractivity contribution >= 4 is 29.1 Å². The summed E-state index contributed by atoms with van der Waals surface area (Å²) in [6.45, 7) is 4.67. The maximum Gasteiger partial charge on any atom is 0.255 e. The first-order valence-corrected chi connectivity index (χ1v) is 11.1. The van der Waals surface area contributed by atoms with Crippen molar-refractivity contribution in [1.29, 1.82) is 0 Å². The zero-order chi connectivity index (χ0) is 23.3. The molecule has 33 heavy (non-hydrogen) atoms. The summed E-state index contributed by atoms with van der Waals surface area (Å²) in [5.74, 6) is -0.511. The second-order valence-corrected chi connectivity index (χ2v) is 9.07. The van der Waals surface area contributed by atoms with E-state index in [1.165, 1.54) is 6.33 Å². The largest absolute Gasteiger partial charge is 0.363 e. The zero-order valence-electron chi connectivity index (χ0n) is 18.8. The number of amides is 3. The van der Waals surface area contributed by atoms with E-state index in [0.29, 0.717) is 24.4 Å². The molecule has 9 heteroatoms. The number of rotatable bonds is 4. The van der Waals surface area contributed by atoms with Crippen LogP contribution in [-0.2, 0) is 16.1 Å². The van der Waals surface area contributed by atoms with Gasteiger partial charge in [0.1, 0.15) is 18.5 Å². The fourth-order valence-corrected chi connectivity index (χ4v) is 4.96. The molecule has 3 aliphatic heterocycles. The van der Waals surface area contributed by atoms with Gasteiger partial charge in [0, 0.05) is 49.1 Å². The summed E-state index contributed by atoms with van der Waals surface area (Å²) in [5, 5.41) is 5.99. The SMILES string of the molecule is CC(C)C1NC(c2ccc3c(c2)CN(C2CCC(=O)NC2=O)C3=O)=C(c2cncnc2)N1C. The molecular formula is C24H26N6O3. The number of nitrogens with zero attached hydrogens (tertiary/aromatic N) is 4. The zero-order valence-corrected chi connectivity index (χ0v) is 18.8. The van der Waals surface area contributed by atoms with Gasteiger partial charge in [-0.2, -0.15) is 0 Å². The summed E-state index contributed by atoms with van der Waals surface area (Å²) >= 11 is 0. The van der Waals surface area contributed by atoms with E-state index >= 15 is 0 Å². The molecule has 3 amide bonds. The molecule has 1 fully saturated rings. The number of fused-ring (bicyclic) bond motifs is 1. The first-order chi connectivity index (χ1) is 15.8. The van der Waals surface area contributed by atoms with Gasteiger partial charge in [-0.3, -0.25) is 19.7 Å². The molecule has 0 bridgehead atoms. The summed E-state index contributed by atoms with van der Waals surface area (Å²) in [7, 11) is 2.05. The van der Waals surface area contributed by atoms with Crippen molar-refractivity contribution in [2.24, 2.45) is 5.92 Å². The van der Waals surface area contributed by atoms with Crippen LogP contribution in [0.4, 0.5) is 0 Å². The first kappa shape index (κ1) is 21.1. The third-order valence-corrected chi connectivity index (χ3v) is 6.58. The number of nitrogens with one attached hydrogen (secondary N) is 2. The second-order valence-electron chi connectivity index (χ2n) is 9.07. The molecule has 2 aromatic rings. The predicted octanol–water partition coefficient (Wildman–Crippen LogP) is 1.58. The van der Waals surface area contributed by atoms with Crippen molar-refractivity contribution in [1.82, 2.24) is 30.4 Å². The molecule has 0 spiro atoms. The van der Waals surface area contributed by atoms with Crippen LogP contribution in [0.3, 0.4) is 0 Å². The Morgan fingerprint density at radius 2 is 1.85 bits per heavy atom. The molecule has 2 unspecified atom stereocenters. The molecule has 0 radical (unpaired) electrons. The third-order valence-electron chi connectivity index (χ3n) is 6.58. The number of piperidine rings is 1. The minimum absolute atomic E-state index is 0.102. The Hall–Kier alpha value is -3.75. The molecule has 3 aliphatic rings. The van der Waals surface area contributed by atoms with Crippen molar-refractivity contribution in [2.75, 3.05) is 7.05 Å². The van der Waals surface area contributed by atoms with E-state index in [1.807, 2.05) is 18.2 Å². The Morgan fingerprint density at radius 3 is 2.55 bits per heavy atom. The number of hydrogen-bond acceptors (Lipinski definition) is 7. The van der Waals surface area contributed by atoms with Crippen LogP contribution in [0, 0.1) is 5.92 Å². The highest BCUT2D eigenvalue weighted by Crippen LogP contribution is 2.37. The van der Waals surface area contributed by atoms with Crippen molar-refractivity contribution < 1.29 is 14.4 Å². The van der Waals surface area contributed by atoms with Crippen LogP contribution < -0.4 is 10.6 Å². The van der Waals surface area contributed by atoms with Gasteiger partial charge in [0.25, 0.3) is 5.91 Å². The van der Waals surface area contributed by atoms with Gasteiger partial charge in [0.05, 0.1) is 11.4 Å². The molecule has 9 nitrogen and oxygen atoms in total. The summed E-state index contributed by atoms with van der Waals surface area (Å²) in [4.78, 5) is 49.1. The molecule has 4 heterocycles. The molecule has 2 atom stereocenters. The number of benzene rings is 1.